The molecule has 1 atom stereocenters. The average Bonchev–Trinajstić information content (AvgIpc) is 3.31. The highest BCUT2D eigenvalue weighted by atomic mass is 16.5. The van der Waals surface area contributed by atoms with Gasteiger partial charge in [0, 0.05) is 19.6 Å². The van der Waals surface area contributed by atoms with E-state index in [1.54, 1.807) is 23.1 Å². The van der Waals surface area contributed by atoms with Gasteiger partial charge in [0.05, 0.1) is 29.8 Å². The van der Waals surface area contributed by atoms with Gasteiger partial charge >= 0.3 is 0 Å². The second-order valence-electron chi connectivity index (χ2n) is 10.0. The van der Waals surface area contributed by atoms with Crippen LogP contribution in [0.3, 0.4) is 0 Å². The number of nitrogens with one attached hydrogen (secondary N) is 3. The molecule has 0 aliphatic carbocycles. The lowest BCUT2D eigenvalue weighted by Gasteiger charge is -2.37. The molecule has 2 heterocycles. The summed E-state index contributed by atoms with van der Waals surface area (Å²) < 4.78 is 5.62. The maximum Gasteiger partial charge on any atom is 0.257 e. The molecule has 3 aromatic carbocycles. The number of hydrogen-bond acceptors (Lipinski definition) is 7. The van der Waals surface area contributed by atoms with E-state index in [1.807, 2.05) is 37.3 Å². The van der Waals surface area contributed by atoms with Gasteiger partial charge in [0.15, 0.2) is 5.75 Å². The maximum atomic E-state index is 13.5. The van der Waals surface area contributed by atoms with Gasteiger partial charge in [-0.1, -0.05) is 43.3 Å². The fraction of sp³-hybridized carbons (Fsp3) is 0.379. The van der Waals surface area contributed by atoms with Gasteiger partial charge in [-0.3, -0.25) is 19.2 Å². The highest BCUT2D eigenvalue weighted by Gasteiger charge is 2.45. The molecule has 9 heteroatoms. The Hall–Kier alpha value is -4.14. The van der Waals surface area contributed by atoms with Gasteiger partial charge in [-0.2, -0.15) is 0 Å². The Bertz CT molecular complexity index is 1420. The number of para-hydroxylation sites is 1. The van der Waals surface area contributed by atoms with E-state index in [-0.39, 0.29) is 34.6 Å². The van der Waals surface area contributed by atoms with Gasteiger partial charge in [0.25, 0.3) is 16.8 Å². The number of carbonyl (C=O) groups is 2. The van der Waals surface area contributed by atoms with Crippen LogP contribution in [0.25, 0.3) is 0 Å². The Balaban J connectivity index is 1.36. The Kier molecular flexibility index (Phi) is 6.93. The molecular weight excluding hydrogens is 484 g/mol. The summed E-state index contributed by atoms with van der Waals surface area (Å²) in [5.74, 6) is 0.186. The van der Waals surface area contributed by atoms with E-state index >= 15 is 0 Å². The summed E-state index contributed by atoms with van der Waals surface area (Å²) in [6.45, 7) is 3.66. The summed E-state index contributed by atoms with van der Waals surface area (Å²) >= 11 is 0. The standard InChI is InChI=1S/C29H32N4O5/c1-3-20(18-8-5-4-6-9-18)31-22-23(25(35)24(22)34)32-21-11-7-10-19(26(21)38-2)27(36)33-16-13-29(14-17-33)12-15-30-28(29)37/h4-11,20,31-32H,3,12-17H2,1-2H3,(H,30,37). The topological polar surface area (TPSA) is 117 Å². The summed E-state index contributed by atoms with van der Waals surface area (Å²) in [4.78, 5) is 52.6. The van der Waals surface area contributed by atoms with Crippen molar-refractivity contribution in [3.63, 3.8) is 0 Å². The number of piperidine rings is 1. The second kappa shape index (κ2) is 10.3. The first-order chi connectivity index (χ1) is 18.4. The van der Waals surface area contributed by atoms with E-state index in [4.69, 9.17) is 4.74 Å². The van der Waals surface area contributed by atoms with Crippen LogP contribution in [0.1, 0.15) is 54.6 Å². The first kappa shape index (κ1) is 25.5. The van der Waals surface area contributed by atoms with Gasteiger partial charge in [-0.05, 0) is 43.4 Å². The van der Waals surface area contributed by atoms with Crippen molar-refractivity contribution in [1.29, 1.82) is 0 Å². The lowest BCUT2D eigenvalue weighted by Crippen LogP contribution is -2.46. The molecule has 9 nitrogen and oxygen atoms in total. The van der Waals surface area contributed by atoms with Gasteiger partial charge in [-0.25, -0.2) is 0 Å². The molecule has 2 aliphatic rings. The third kappa shape index (κ3) is 4.42. The van der Waals surface area contributed by atoms with Gasteiger partial charge in [0.1, 0.15) is 11.4 Å². The van der Waals surface area contributed by atoms with E-state index in [0.29, 0.717) is 55.9 Å². The zero-order valence-electron chi connectivity index (χ0n) is 21.6. The number of likely N-dealkylation sites (tertiary alicyclic amines) is 1. The first-order valence-electron chi connectivity index (χ1n) is 13.0. The quantitative estimate of drug-likeness (QED) is 0.393. The van der Waals surface area contributed by atoms with Crippen molar-refractivity contribution in [2.45, 2.75) is 38.6 Å². The van der Waals surface area contributed by atoms with Crippen LogP contribution in [0, 0.1) is 5.41 Å². The van der Waals surface area contributed by atoms with Crippen LogP contribution in [-0.2, 0) is 4.79 Å². The number of nitrogens with zero attached hydrogens (tertiary/aromatic N) is 1. The molecule has 0 saturated carbocycles. The van der Waals surface area contributed by atoms with Gasteiger partial charge < -0.3 is 25.6 Å². The molecule has 1 unspecified atom stereocenters. The van der Waals surface area contributed by atoms with E-state index in [2.05, 4.69) is 16.0 Å². The first-order valence-corrected chi connectivity index (χ1v) is 13.0. The maximum absolute atomic E-state index is 13.5. The molecule has 0 radical (unpaired) electrons. The number of ether oxygens (including phenoxy) is 1. The number of benzene rings is 2. The zero-order chi connectivity index (χ0) is 26.9. The van der Waals surface area contributed by atoms with Crippen molar-refractivity contribution >= 4 is 28.9 Å². The Morgan fingerprint density at radius 2 is 1.71 bits per heavy atom. The van der Waals surface area contributed by atoms with Crippen LogP contribution in [0.2, 0.25) is 0 Å². The van der Waals surface area contributed by atoms with Crippen LogP contribution in [0.5, 0.6) is 5.75 Å². The predicted molar refractivity (Wildman–Crippen MR) is 146 cm³/mol. The molecule has 2 aliphatic heterocycles. The van der Waals surface area contributed by atoms with Crippen LogP contribution in [-0.4, -0.2) is 43.5 Å². The molecule has 2 fully saturated rings. The number of methoxy groups -OCH3 is 1. The minimum atomic E-state index is -0.620. The normalized spacial score (nSPS) is 17.3. The van der Waals surface area contributed by atoms with E-state index in [1.165, 1.54) is 7.11 Å². The third-order valence-electron chi connectivity index (χ3n) is 7.93. The minimum absolute atomic E-state index is 0.0864. The monoisotopic (exact) mass is 516 g/mol. The summed E-state index contributed by atoms with van der Waals surface area (Å²) in [7, 11) is 1.47. The molecular formula is C29H32N4O5. The highest BCUT2D eigenvalue weighted by Crippen LogP contribution is 2.39. The summed E-state index contributed by atoms with van der Waals surface area (Å²) in [6, 6.07) is 14.7. The summed E-state index contributed by atoms with van der Waals surface area (Å²) in [5, 5.41) is 9.19. The predicted octanol–water partition coefficient (Wildman–Crippen LogP) is 3.34. The molecule has 1 spiro atoms. The highest BCUT2D eigenvalue weighted by molar-refractivity contribution is 5.99. The molecule has 5 rings (SSSR count). The number of carbonyl (C=O) groups excluding carboxylic acids is 2. The molecule has 0 aromatic heterocycles. The fourth-order valence-electron chi connectivity index (χ4n) is 5.59. The lowest BCUT2D eigenvalue weighted by atomic mass is 9.77. The molecule has 0 bridgehead atoms. The second-order valence-corrected chi connectivity index (χ2v) is 10.0. The van der Waals surface area contributed by atoms with Crippen LogP contribution >= 0.6 is 0 Å². The van der Waals surface area contributed by atoms with Gasteiger partial charge in [-0.15, -0.1) is 0 Å². The van der Waals surface area contributed by atoms with Gasteiger partial charge in [0.2, 0.25) is 5.91 Å². The van der Waals surface area contributed by atoms with Crippen molar-refractivity contribution in [2.24, 2.45) is 5.41 Å². The summed E-state index contributed by atoms with van der Waals surface area (Å²) in [6.07, 6.45) is 2.78. The average molecular weight is 517 g/mol. The smallest absolute Gasteiger partial charge is 0.257 e. The van der Waals surface area contributed by atoms with Crippen molar-refractivity contribution < 1.29 is 14.3 Å². The Morgan fingerprint density at radius 1 is 1.00 bits per heavy atom. The fourth-order valence-corrected chi connectivity index (χ4v) is 5.59. The lowest BCUT2D eigenvalue weighted by molar-refractivity contribution is -0.129. The van der Waals surface area contributed by atoms with Crippen LogP contribution < -0.4 is 31.5 Å². The molecule has 2 amide bonds. The molecule has 38 heavy (non-hydrogen) atoms. The van der Waals surface area contributed by atoms with E-state index in [9.17, 15) is 19.2 Å². The number of hydrogen-bond donors (Lipinski definition) is 3. The Labute approximate surface area is 220 Å². The third-order valence-corrected chi connectivity index (χ3v) is 7.93. The molecule has 3 N–H and O–H groups in total. The van der Waals surface area contributed by atoms with Crippen molar-refractivity contribution in [3.8, 4) is 5.75 Å². The van der Waals surface area contributed by atoms with Crippen molar-refractivity contribution in [1.82, 2.24) is 10.2 Å². The van der Waals surface area contributed by atoms with E-state index in [0.717, 1.165) is 12.0 Å². The van der Waals surface area contributed by atoms with Crippen LogP contribution in [0.4, 0.5) is 17.1 Å². The zero-order valence-corrected chi connectivity index (χ0v) is 21.6. The van der Waals surface area contributed by atoms with Crippen molar-refractivity contribution in [2.75, 3.05) is 37.4 Å². The number of amides is 2. The SMILES string of the molecule is CCC(Nc1c(Nc2cccc(C(=O)N3CCC4(CCNC4=O)CC3)c2OC)c(=O)c1=O)c1ccccc1. The molecule has 2 saturated heterocycles. The van der Waals surface area contributed by atoms with E-state index < -0.39 is 10.9 Å². The molecule has 198 valence electrons. The number of rotatable bonds is 8. The summed E-state index contributed by atoms with van der Waals surface area (Å²) in [5.41, 5.74) is 0.598. The minimum Gasteiger partial charge on any atom is -0.494 e. The van der Waals surface area contributed by atoms with Crippen LogP contribution in [0.15, 0.2) is 58.1 Å². The number of anilines is 3. The van der Waals surface area contributed by atoms with Crippen molar-refractivity contribution in [3.05, 3.63) is 80.1 Å². The molecule has 3 aromatic rings. The Morgan fingerprint density at radius 3 is 2.34 bits per heavy atom. The largest absolute Gasteiger partial charge is 0.494 e.